The molecule has 0 saturated carbocycles. The third-order valence-corrected chi connectivity index (χ3v) is 1.64. The molecule has 76 valence electrons. The highest BCUT2D eigenvalue weighted by molar-refractivity contribution is 5.88. The molecule has 5 nitrogen and oxygen atoms in total. The fourth-order valence-corrected chi connectivity index (χ4v) is 0.991. The highest BCUT2D eigenvalue weighted by Crippen LogP contribution is 2.03. The van der Waals surface area contributed by atoms with E-state index in [2.05, 4.69) is 9.72 Å². The lowest BCUT2D eigenvalue weighted by Crippen LogP contribution is -2.13. The van der Waals surface area contributed by atoms with Gasteiger partial charge in [0, 0.05) is 13.2 Å². The van der Waals surface area contributed by atoms with E-state index < -0.39 is 5.97 Å². The second-order valence-electron chi connectivity index (χ2n) is 2.85. The van der Waals surface area contributed by atoms with Crippen LogP contribution in [0.3, 0.4) is 0 Å². The Kier molecular flexibility index (Phi) is 3.55. The number of aromatic nitrogens is 1. The van der Waals surface area contributed by atoms with Gasteiger partial charge in [-0.3, -0.25) is 4.98 Å². The van der Waals surface area contributed by atoms with Gasteiger partial charge in [-0.25, -0.2) is 4.79 Å². The summed E-state index contributed by atoms with van der Waals surface area (Å²) in [6, 6.07) is 3.27. The van der Waals surface area contributed by atoms with Crippen molar-refractivity contribution < 1.29 is 14.7 Å². The average Bonchev–Trinajstić information content (AvgIpc) is 2.17. The van der Waals surface area contributed by atoms with Crippen molar-refractivity contribution in [3.63, 3.8) is 0 Å². The second kappa shape index (κ2) is 4.69. The van der Waals surface area contributed by atoms with Gasteiger partial charge in [0.15, 0.2) is 0 Å². The van der Waals surface area contributed by atoms with Crippen molar-refractivity contribution >= 4 is 5.97 Å². The summed E-state index contributed by atoms with van der Waals surface area (Å²) >= 11 is 0. The lowest BCUT2D eigenvalue weighted by molar-refractivity contribution is -0.0740. The van der Waals surface area contributed by atoms with Gasteiger partial charge in [0.1, 0.15) is 0 Å². The molecule has 1 rings (SSSR count). The van der Waals surface area contributed by atoms with Crippen molar-refractivity contribution in [2.24, 2.45) is 0 Å². The SMILES string of the molecule is COC(=O)c1ccc(CN(C)O)nc1. The Morgan fingerprint density at radius 1 is 1.64 bits per heavy atom. The second-order valence-corrected chi connectivity index (χ2v) is 2.85. The minimum Gasteiger partial charge on any atom is -0.465 e. The van der Waals surface area contributed by atoms with Gasteiger partial charge in [-0.15, -0.1) is 0 Å². The quantitative estimate of drug-likeness (QED) is 0.569. The molecule has 0 bridgehead atoms. The lowest BCUT2D eigenvalue weighted by atomic mass is 10.2. The first-order chi connectivity index (χ1) is 6.63. The van der Waals surface area contributed by atoms with Crippen LogP contribution in [-0.4, -0.2) is 35.4 Å². The zero-order valence-corrected chi connectivity index (χ0v) is 8.10. The van der Waals surface area contributed by atoms with E-state index in [4.69, 9.17) is 5.21 Å². The van der Waals surface area contributed by atoms with Crippen LogP contribution in [0.1, 0.15) is 16.1 Å². The topological polar surface area (TPSA) is 62.7 Å². The predicted octanol–water partition coefficient (Wildman–Crippen LogP) is 0.689. The van der Waals surface area contributed by atoms with E-state index in [1.54, 1.807) is 12.1 Å². The molecule has 5 heteroatoms. The van der Waals surface area contributed by atoms with E-state index in [0.717, 1.165) is 5.06 Å². The number of methoxy groups -OCH3 is 1. The number of hydrogen-bond acceptors (Lipinski definition) is 5. The fourth-order valence-electron chi connectivity index (χ4n) is 0.991. The minimum absolute atomic E-state index is 0.321. The molecule has 1 aromatic rings. The molecule has 0 radical (unpaired) electrons. The number of carbonyl (C=O) groups excluding carboxylic acids is 1. The van der Waals surface area contributed by atoms with Crippen LogP contribution in [0, 0.1) is 0 Å². The Labute approximate surface area is 81.9 Å². The Balaban J connectivity index is 2.73. The molecule has 0 atom stereocenters. The Morgan fingerprint density at radius 3 is 2.79 bits per heavy atom. The van der Waals surface area contributed by atoms with Crippen molar-refractivity contribution in [2.75, 3.05) is 14.2 Å². The molecule has 0 aliphatic heterocycles. The standard InChI is InChI=1S/C9H12N2O3/c1-11(13)6-8-4-3-7(5-10-8)9(12)14-2/h3-5,13H,6H2,1-2H3. The van der Waals surface area contributed by atoms with E-state index >= 15 is 0 Å². The summed E-state index contributed by atoms with van der Waals surface area (Å²) < 4.78 is 4.52. The molecular formula is C9H12N2O3. The molecule has 0 saturated heterocycles. The van der Waals surface area contributed by atoms with Gasteiger partial charge >= 0.3 is 5.97 Å². The molecule has 0 aliphatic rings. The van der Waals surface area contributed by atoms with Crippen LogP contribution in [0.5, 0.6) is 0 Å². The fraction of sp³-hybridized carbons (Fsp3) is 0.333. The summed E-state index contributed by atoms with van der Waals surface area (Å²) in [5.74, 6) is -0.415. The number of hydroxylamine groups is 2. The zero-order chi connectivity index (χ0) is 10.6. The van der Waals surface area contributed by atoms with Crippen LogP contribution in [0.15, 0.2) is 18.3 Å². The normalized spacial score (nSPS) is 10.3. The van der Waals surface area contributed by atoms with Crippen LogP contribution in [-0.2, 0) is 11.3 Å². The van der Waals surface area contributed by atoms with Crippen molar-refractivity contribution in [1.29, 1.82) is 0 Å². The first-order valence-electron chi connectivity index (χ1n) is 4.06. The van der Waals surface area contributed by atoms with Gasteiger partial charge in [0.25, 0.3) is 0 Å². The monoisotopic (exact) mass is 196 g/mol. The molecule has 0 aliphatic carbocycles. The Morgan fingerprint density at radius 2 is 2.36 bits per heavy atom. The molecule has 0 spiro atoms. The van der Waals surface area contributed by atoms with Gasteiger partial charge in [-0.2, -0.15) is 5.06 Å². The van der Waals surface area contributed by atoms with Crippen LogP contribution in [0.2, 0.25) is 0 Å². The van der Waals surface area contributed by atoms with Crippen LogP contribution in [0.25, 0.3) is 0 Å². The molecule has 0 amide bonds. The molecular weight excluding hydrogens is 184 g/mol. The van der Waals surface area contributed by atoms with Crippen molar-refractivity contribution in [1.82, 2.24) is 10.0 Å². The maximum atomic E-state index is 11.0. The molecule has 1 aromatic heterocycles. The predicted molar refractivity (Wildman–Crippen MR) is 48.8 cm³/mol. The highest BCUT2D eigenvalue weighted by Gasteiger charge is 2.05. The largest absolute Gasteiger partial charge is 0.465 e. The third kappa shape index (κ3) is 2.79. The summed E-state index contributed by atoms with van der Waals surface area (Å²) in [5.41, 5.74) is 1.08. The van der Waals surface area contributed by atoms with E-state index in [9.17, 15) is 4.79 Å². The molecule has 0 aromatic carbocycles. The minimum atomic E-state index is -0.415. The lowest BCUT2D eigenvalue weighted by Gasteiger charge is -2.06. The van der Waals surface area contributed by atoms with Crippen molar-refractivity contribution in [3.8, 4) is 0 Å². The average molecular weight is 196 g/mol. The van der Waals surface area contributed by atoms with Crippen molar-refractivity contribution in [3.05, 3.63) is 29.6 Å². The summed E-state index contributed by atoms with van der Waals surface area (Å²) in [6.45, 7) is 0.321. The van der Waals surface area contributed by atoms with E-state index in [-0.39, 0.29) is 0 Å². The smallest absolute Gasteiger partial charge is 0.339 e. The molecule has 14 heavy (non-hydrogen) atoms. The van der Waals surface area contributed by atoms with Crippen LogP contribution < -0.4 is 0 Å². The van der Waals surface area contributed by atoms with E-state index in [0.29, 0.717) is 17.8 Å². The Hall–Kier alpha value is -1.46. The van der Waals surface area contributed by atoms with Gasteiger partial charge in [0.05, 0.1) is 24.9 Å². The number of hydrogen-bond donors (Lipinski definition) is 1. The summed E-state index contributed by atoms with van der Waals surface area (Å²) in [6.07, 6.45) is 1.42. The maximum Gasteiger partial charge on any atom is 0.339 e. The maximum absolute atomic E-state index is 11.0. The third-order valence-electron chi connectivity index (χ3n) is 1.64. The van der Waals surface area contributed by atoms with Crippen LogP contribution in [0.4, 0.5) is 0 Å². The highest BCUT2D eigenvalue weighted by atomic mass is 16.5. The van der Waals surface area contributed by atoms with Gasteiger partial charge in [0.2, 0.25) is 0 Å². The summed E-state index contributed by atoms with van der Waals surface area (Å²) in [4.78, 5) is 15.0. The molecule has 1 heterocycles. The van der Waals surface area contributed by atoms with Crippen LogP contribution >= 0.6 is 0 Å². The Bertz CT molecular complexity index is 308. The first-order valence-corrected chi connectivity index (χ1v) is 4.06. The summed E-state index contributed by atoms with van der Waals surface area (Å²) in [7, 11) is 2.84. The number of ether oxygens (including phenoxy) is 1. The van der Waals surface area contributed by atoms with Gasteiger partial charge < -0.3 is 9.94 Å². The number of nitrogens with zero attached hydrogens (tertiary/aromatic N) is 2. The number of carbonyl (C=O) groups is 1. The summed E-state index contributed by atoms with van der Waals surface area (Å²) in [5, 5.41) is 9.95. The van der Waals surface area contributed by atoms with E-state index in [1.165, 1.54) is 20.4 Å². The number of pyridine rings is 1. The molecule has 0 unspecified atom stereocenters. The molecule has 1 N–H and O–H groups in total. The zero-order valence-electron chi connectivity index (χ0n) is 8.10. The van der Waals surface area contributed by atoms with Gasteiger partial charge in [-0.05, 0) is 12.1 Å². The number of rotatable bonds is 3. The first kappa shape index (κ1) is 10.6. The molecule has 0 fully saturated rings. The van der Waals surface area contributed by atoms with Crippen molar-refractivity contribution in [2.45, 2.75) is 6.54 Å². The van der Waals surface area contributed by atoms with Gasteiger partial charge in [-0.1, -0.05) is 0 Å². The van der Waals surface area contributed by atoms with E-state index in [1.807, 2.05) is 0 Å². The number of esters is 1.